The zero-order chi connectivity index (χ0) is 18.7. The predicted octanol–water partition coefficient (Wildman–Crippen LogP) is 3.35. The van der Waals surface area contributed by atoms with Gasteiger partial charge in [0.1, 0.15) is 19.3 Å². The van der Waals surface area contributed by atoms with Crippen LogP contribution in [0.3, 0.4) is 0 Å². The largest absolute Gasteiger partial charge is 0.419 e. The summed E-state index contributed by atoms with van der Waals surface area (Å²) < 4.78 is 37.9. The van der Waals surface area contributed by atoms with Crippen molar-refractivity contribution in [2.45, 2.75) is 13.1 Å². The van der Waals surface area contributed by atoms with Gasteiger partial charge in [-0.1, -0.05) is 17.7 Å². The van der Waals surface area contributed by atoms with Crippen molar-refractivity contribution < 1.29 is 18.2 Å². The van der Waals surface area contributed by atoms with Gasteiger partial charge in [-0.05, 0) is 37.3 Å². The quantitative estimate of drug-likeness (QED) is 0.809. The number of aryl methyl sites for hydroxylation is 1. The number of nitrogens with zero attached hydrogens (tertiary/aromatic N) is 2. The maximum absolute atomic E-state index is 12.6. The van der Waals surface area contributed by atoms with Crippen molar-refractivity contribution in [2.24, 2.45) is 0 Å². The molecule has 1 aromatic heterocycles. The number of alkyl halides is 3. The van der Waals surface area contributed by atoms with Crippen LogP contribution in [0, 0.1) is 6.92 Å². The van der Waals surface area contributed by atoms with Gasteiger partial charge in [-0.15, -0.1) is 0 Å². The number of aromatic nitrogens is 1. The van der Waals surface area contributed by atoms with Crippen LogP contribution in [0.2, 0.25) is 0 Å². The summed E-state index contributed by atoms with van der Waals surface area (Å²) in [5, 5.41) is 3.88. The third-order valence-electron chi connectivity index (χ3n) is 4.33. The molecule has 1 aliphatic rings. The Morgan fingerprint density at radius 2 is 1.69 bits per heavy atom. The van der Waals surface area contributed by atoms with Crippen molar-refractivity contribution in [2.75, 3.05) is 36.4 Å². The molecule has 0 aliphatic carbocycles. The summed E-state index contributed by atoms with van der Waals surface area (Å²) in [6.07, 6.45) is -3.33. The van der Waals surface area contributed by atoms with Gasteiger partial charge in [0.15, 0.2) is 5.11 Å². The van der Waals surface area contributed by atoms with Gasteiger partial charge in [-0.3, -0.25) is 4.90 Å². The van der Waals surface area contributed by atoms with Crippen LogP contribution in [0.1, 0.15) is 11.1 Å². The molecule has 26 heavy (non-hydrogen) atoms. The molecule has 1 saturated heterocycles. The van der Waals surface area contributed by atoms with Crippen molar-refractivity contribution >= 4 is 28.8 Å². The van der Waals surface area contributed by atoms with Gasteiger partial charge in [0.25, 0.3) is 5.82 Å². The Balaban J connectivity index is 1.55. The fourth-order valence-corrected chi connectivity index (χ4v) is 3.08. The molecule has 0 unspecified atom stereocenters. The van der Waals surface area contributed by atoms with E-state index in [1.54, 1.807) is 0 Å². The van der Waals surface area contributed by atoms with Crippen LogP contribution < -0.4 is 15.2 Å². The van der Waals surface area contributed by atoms with Crippen molar-refractivity contribution in [3.63, 3.8) is 0 Å². The van der Waals surface area contributed by atoms with E-state index < -0.39 is 11.7 Å². The Labute approximate surface area is 155 Å². The van der Waals surface area contributed by atoms with Crippen LogP contribution >= 0.6 is 12.2 Å². The number of anilines is 2. The molecule has 2 aromatic rings. The Bertz CT molecular complexity index is 752. The van der Waals surface area contributed by atoms with E-state index in [0.29, 0.717) is 37.1 Å². The summed E-state index contributed by atoms with van der Waals surface area (Å²) in [6.45, 7) is 4.79. The van der Waals surface area contributed by atoms with Crippen LogP contribution in [-0.4, -0.2) is 36.2 Å². The molecule has 2 N–H and O–H groups in total. The second-order valence-corrected chi connectivity index (χ2v) is 6.62. The average Bonchev–Trinajstić information content (AvgIpc) is 2.63. The SMILES string of the molecule is Cc1ccc(NC(=S)N2CCN(c3ccc(C(F)(F)F)c[nH+]3)CC2)cc1. The van der Waals surface area contributed by atoms with Crippen molar-refractivity contribution in [3.05, 3.63) is 53.7 Å². The summed E-state index contributed by atoms with van der Waals surface area (Å²) in [5.41, 5.74) is 1.45. The maximum atomic E-state index is 12.6. The fourth-order valence-electron chi connectivity index (χ4n) is 2.78. The van der Waals surface area contributed by atoms with E-state index in [2.05, 4.69) is 15.2 Å². The third kappa shape index (κ3) is 4.43. The topological polar surface area (TPSA) is 32.6 Å². The first kappa shape index (κ1) is 18.4. The summed E-state index contributed by atoms with van der Waals surface area (Å²) in [4.78, 5) is 6.83. The second kappa shape index (κ2) is 7.49. The summed E-state index contributed by atoms with van der Waals surface area (Å²) in [6, 6.07) is 10.6. The maximum Gasteiger partial charge on any atom is 0.419 e. The molecule has 1 aliphatic heterocycles. The molecule has 1 fully saturated rings. The lowest BCUT2D eigenvalue weighted by Gasteiger charge is -2.32. The average molecular weight is 381 g/mol. The lowest BCUT2D eigenvalue weighted by molar-refractivity contribution is -0.367. The van der Waals surface area contributed by atoms with Crippen LogP contribution in [0.15, 0.2) is 42.6 Å². The molecule has 1 aromatic carbocycles. The number of pyridine rings is 1. The summed E-state index contributed by atoms with van der Waals surface area (Å²) >= 11 is 5.47. The van der Waals surface area contributed by atoms with Crippen LogP contribution in [0.25, 0.3) is 0 Å². The zero-order valence-electron chi connectivity index (χ0n) is 14.3. The zero-order valence-corrected chi connectivity index (χ0v) is 15.1. The molecule has 2 heterocycles. The minimum atomic E-state index is -4.33. The van der Waals surface area contributed by atoms with Crippen molar-refractivity contribution in [1.29, 1.82) is 0 Å². The molecule has 0 atom stereocenters. The highest BCUT2D eigenvalue weighted by Crippen LogP contribution is 2.28. The molecular weight excluding hydrogens is 361 g/mol. The first-order chi connectivity index (χ1) is 12.3. The number of rotatable bonds is 2. The fraction of sp³-hybridized carbons (Fsp3) is 0.333. The Morgan fingerprint density at radius 1 is 1.04 bits per heavy atom. The number of halogens is 3. The molecule has 0 bridgehead atoms. The second-order valence-electron chi connectivity index (χ2n) is 6.23. The van der Waals surface area contributed by atoms with Gasteiger partial charge < -0.3 is 10.2 Å². The van der Waals surface area contributed by atoms with Gasteiger partial charge in [0.2, 0.25) is 0 Å². The van der Waals surface area contributed by atoms with Crippen LogP contribution in [0.4, 0.5) is 24.7 Å². The predicted molar refractivity (Wildman–Crippen MR) is 99.2 cm³/mol. The van der Waals surface area contributed by atoms with Gasteiger partial charge in [-0.25, -0.2) is 4.98 Å². The minimum absolute atomic E-state index is 0.657. The lowest BCUT2D eigenvalue weighted by Crippen LogP contribution is -2.51. The van der Waals surface area contributed by atoms with Crippen molar-refractivity contribution in [3.8, 4) is 0 Å². The Morgan fingerprint density at radius 3 is 2.23 bits per heavy atom. The minimum Gasteiger partial charge on any atom is -0.341 e. The normalized spacial score (nSPS) is 15.1. The van der Waals surface area contributed by atoms with E-state index in [1.807, 2.05) is 36.1 Å². The smallest absolute Gasteiger partial charge is 0.341 e. The number of piperazine rings is 1. The number of nitrogens with one attached hydrogen (secondary N) is 2. The van der Waals surface area contributed by atoms with Gasteiger partial charge in [0, 0.05) is 11.8 Å². The number of hydrogen-bond donors (Lipinski definition) is 1. The molecule has 8 heteroatoms. The lowest BCUT2D eigenvalue weighted by atomic mass is 10.2. The molecular formula is C18H20F3N4S+. The first-order valence-corrected chi connectivity index (χ1v) is 8.70. The highest BCUT2D eigenvalue weighted by Gasteiger charge is 2.32. The molecule has 3 rings (SSSR count). The molecule has 0 spiro atoms. The number of aromatic amines is 1. The van der Waals surface area contributed by atoms with E-state index in [0.717, 1.165) is 18.0 Å². The molecule has 4 nitrogen and oxygen atoms in total. The monoisotopic (exact) mass is 381 g/mol. The van der Waals surface area contributed by atoms with E-state index in [1.165, 1.54) is 11.6 Å². The van der Waals surface area contributed by atoms with E-state index in [4.69, 9.17) is 12.2 Å². The van der Waals surface area contributed by atoms with Gasteiger partial charge in [0.05, 0.1) is 18.7 Å². The highest BCUT2D eigenvalue weighted by atomic mass is 32.1. The van der Waals surface area contributed by atoms with Crippen LogP contribution in [0.5, 0.6) is 0 Å². The number of thiocarbonyl (C=S) groups is 1. The molecule has 0 radical (unpaired) electrons. The number of hydrogen-bond acceptors (Lipinski definition) is 2. The number of H-pyrrole nitrogens is 1. The van der Waals surface area contributed by atoms with Gasteiger partial charge >= 0.3 is 6.18 Å². The van der Waals surface area contributed by atoms with Gasteiger partial charge in [-0.2, -0.15) is 13.2 Å². The summed E-state index contributed by atoms with van der Waals surface area (Å²) in [5.74, 6) is 0.676. The van der Waals surface area contributed by atoms with E-state index >= 15 is 0 Å². The Kier molecular flexibility index (Phi) is 5.31. The van der Waals surface area contributed by atoms with E-state index in [9.17, 15) is 13.2 Å². The summed E-state index contributed by atoms with van der Waals surface area (Å²) in [7, 11) is 0. The Hall–Kier alpha value is -2.35. The van der Waals surface area contributed by atoms with Crippen LogP contribution in [-0.2, 0) is 6.18 Å². The van der Waals surface area contributed by atoms with Crippen molar-refractivity contribution in [1.82, 2.24) is 4.90 Å². The molecule has 138 valence electrons. The standard InChI is InChI=1S/C18H19F3N4S/c1-13-2-5-15(6-3-13)23-17(26)25-10-8-24(9-11-25)16-7-4-14(12-22-16)18(19,20)21/h2-7,12H,8-11H2,1H3,(H,23,26)/p+1. The molecule has 0 amide bonds. The number of benzene rings is 1. The first-order valence-electron chi connectivity index (χ1n) is 8.29. The third-order valence-corrected chi connectivity index (χ3v) is 4.69. The highest BCUT2D eigenvalue weighted by molar-refractivity contribution is 7.80. The molecule has 0 saturated carbocycles. The van der Waals surface area contributed by atoms with E-state index in [-0.39, 0.29) is 0 Å².